The summed E-state index contributed by atoms with van der Waals surface area (Å²) in [6.07, 6.45) is 0. The molecule has 0 unspecified atom stereocenters. The van der Waals surface area contributed by atoms with Crippen LogP contribution in [0.4, 0.5) is 5.82 Å². The Morgan fingerprint density at radius 2 is 2.33 bits per heavy atom. The van der Waals surface area contributed by atoms with Crippen molar-refractivity contribution >= 4 is 11.8 Å². The van der Waals surface area contributed by atoms with E-state index in [4.69, 9.17) is 4.74 Å². The van der Waals surface area contributed by atoms with Crippen LogP contribution in [0.3, 0.4) is 0 Å². The third kappa shape index (κ3) is 2.21. The van der Waals surface area contributed by atoms with Crippen LogP contribution in [0.15, 0.2) is 12.1 Å². The SMILES string of the molecule is COC(=O)c1ccc(NC2COC2)nn1. The van der Waals surface area contributed by atoms with Crippen molar-refractivity contribution in [3.8, 4) is 0 Å². The maximum atomic E-state index is 11.0. The van der Waals surface area contributed by atoms with E-state index >= 15 is 0 Å². The Hall–Kier alpha value is -1.69. The molecule has 15 heavy (non-hydrogen) atoms. The molecule has 0 atom stereocenters. The quantitative estimate of drug-likeness (QED) is 0.710. The molecular weight excluding hydrogens is 198 g/mol. The number of nitrogens with zero attached hydrogens (tertiary/aromatic N) is 2. The second-order valence-corrected chi connectivity index (χ2v) is 3.17. The minimum absolute atomic E-state index is 0.202. The van der Waals surface area contributed by atoms with Crippen molar-refractivity contribution in [2.24, 2.45) is 0 Å². The van der Waals surface area contributed by atoms with Gasteiger partial charge in [0.2, 0.25) is 0 Å². The van der Waals surface area contributed by atoms with Gasteiger partial charge in [-0.15, -0.1) is 10.2 Å². The van der Waals surface area contributed by atoms with Crippen LogP contribution in [0.5, 0.6) is 0 Å². The highest BCUT2D eigenvalue weighted by atomic mass is 16.5. The second-order valence-electron chi connectivity index (χ2n) is 3.17. The molecule has 0 radical (unpaired) electrons. The van der Waals surface area contributed by atoms with E-state index in [-0.39, 0.29) is 5.69 Å². The monoisotopic (exact) mass is 209 g/mol. The fourth-order valence-electron chi connectivity index (χ4n) is 1.15. The summed E-state index contributed by atoms with van der Waals surface area (Å²) in [5.41, 5.74) is 0.202. The summed E-state index contributed by atoms with van der Waals surface area (Å²) in [4.78, 5) is 11.0. The first kappa shape index (κ1) is 9.85. The molecule has 1 aliphatic heterocycles. The molecule has 80 valence electrons. The Labute approximate surface area is 86.6 Å². The first-order valence-corrected chi connectivity index (χ1v) is 4.56. The third-order valence-electron chi connectivity index (χ3n) is 2.05. The Balaban J connectivity index is 1.99. The molecule has 1 N–H and O–H groups in total. The number of carbonyl (C=O) groups excluding carboxylic acids is 1. The van der Waals surface area contributed by atoms with Gasteiger partial charge in [0.25, 0.3) is 0 Å². The summed E-state index contributed by atoms with van der Waals surface area (Å²) in [6.45, 7) is 1.36. The number of carbonyl (C=O) groups is 1. The first-order chi connectivity index (χ1) is 7.29. The molecule has 2 rings (SSSR count). The topological polar surface area (TPSA) is 73.3 Å². The minimum atomic E-state index is -0.485. The summed E-state index contributed by atoms with van der Waals surface area (Å²) in [6, 6.07) is 3.56. The lowest BCUT2D eigenvalue weighted by molar-refractivity contribution is 0.0209. The van der Waals surface area contributed by atoms with Crippen LogP contribution >= 0.6 is 0 Å². The van der Waals surface area contributed by atoms with E-state index in [1.165, 1.54) is 7.11 Å². The van der Waals surface area contributed by atoms with Crippen molar-refractivity contribution in [3.63, 3.8) is 0 Å². The number of hydrogen-bond donors (Lipinski definition) is 1. The maximum absolute atomic E-state index is 11.0. The first-order valence-electron chi connectivity index (χ1n) is 4.56. The molecule has 0 aliphatic carbocycles. The van der Waals surface area contributed by atoms with E-state index < -0.39 is 5.97 Å². The van der Waals surface area contributed by atoms with Gasteiger partial charge in [-0.2, -0.15) is 0 Å². The highest BCUT2D eigenvalue weighted by molar-refractivity contribution is 5.86. The van der Waals surface area contributed by atoms with Gasteiger partial charge in [-0.05, 0) is 12.1 Å². The minimum Gasteiger partial charge on any atom is -0.464 e. The number of methoxy groups -OCH3 is 1. The molecule has 0 spiro atoms. The van der Waals surface area contributed by atoms with Crippen LogP contribution in [0, 0.1) is 0 Å². The van der Waals surface area contributed by atoms with Crippen LogP contribution in [-0.2, 0) is 9.47 Å². The summed E-state index contributed by atoms with van der Waals surface area (Å²) >= 11 is 0. The molecule has 0 bridgehead atoms. The van der Waals surface area contributed by atoms with Crippen LogP contribution in [0.2, 0.25) is 0 Å². The predicted molar refractivity (Wildman–Crippen MR) is 51.6 cm³/mol. The molecule has 6 nitrogen and oxygen atoms in total. The van der Waals surface area contributed by atoms with E-state index in [1.54, 1.807) is 12.1 Å². The third-order valence-corrected chi connectivity index (χ3v) is 2.05. The Morgan fingerprint density at radius 1 is 1.53 bits per heavy atom. The summed E-state index contributed by atoms with van der Waals surface area (Å²) in [5, 5.41) is 10.7. The van der Waals surface area contributed by atoms with Gasteiger partial charge in [0.05, 0.1) is 26.4 Å². The van der Waals surface area contributed by atoms with Gasteiger partial charge in [-0.3, -0.25) is 0 Å². The fraction of sp³-hybridized carbons (Fsp3) is 0.444. The van der Waals surface area contributed by atoms with Crippen molar-refractivity contribution in [3.05, 3.63) is 17.8 Å². The molecule has 1 aromatic heterocycles. The standard InChI is InChI=1S/C9H11N3O3/c1-14-9(13)7-2-3-8(12-11-7)10-6-4-15-5-6/h2-3,6H,4-5H2,1H3,(H,10,12). The van der Waals surface area contributed by atoms with Crippen molar-refractivity contribution in [2.75, 3.05) is 25.6 Å². The number of rotatable bonds is 3. The Bertz CT molecular complexity index is 348. The van der Waals surface area contributed by atoms with Gasteiger partial charge in [0.1, 0.15) is 5.82 Å². The van der Waals surface area contributed by atoms with Gasteiger partial charge in [0, 0.05) is 0 Å². The van der Waals surface area contributed by atoms with E-state index in [9.17, 15) is 4.79 Å². The zero-order valence-corrected chi connectivity index (χ0v) is 8.27. The van der Waals surface area contributed by atoms with Gasteiger partial charge >= 0.3 is 5.97 Å². The van der Waals surface area contributed by atoms with E-state index in [0.717, 1.165) is 0 Å². The van der Waals surface area contributed by atoms with Crippen molar-refractivity contribution in [2.45, 2.75) is 6.04 Å². The molecule has 2 heterocycles. The number of ether oxygens (including phenoxy) is 2. The molecular formula is C9H11N3O3. The van der Waals surface area contributed by atoms with E-state index in [1.807, 2.05) is 0 Å². The van der Waals surface area contributed by atoms with Gasteiger partial charge in [-0.25, -0.2) is 4.79 Å². The van der Waals surface area contributed by atoms with Crippen LogP contribution in [-0.4, -0.2) is 42.5 Å². The molecule has 0 amide bonds. The normalized spacial score (nSPS) is 15.5. The number of hydrogen-bond acceptors (Lipinski definition) is 6. The molecule has 1 aliphatic rings. The Morgan fingerprint density at radius 3 is 2.80 bits per heavy atom. The lowest BCUT2D eigenvalue weighted by atomic mass is 10.2. The number of aromatic nitrogens is 2. The van der Waals surface area contributed by atoms with Crippen molar-refractivity contribution in [1.29, 1.82) is 0 Å². The number of anilines is 1. The highest BCUT2D eigenvalue weighted by Crippen LogP contribution is 2.09. The summed E-state index contributed by atoms with van der Waals surface area (Å²) in [5.74, 6) is 0.150. The molecule has 1 fully saturated rings. The lowest BCUT2D eigenvalue weighted by Gasteiger charge is -2.26. The summed E-state index contributed by atoms with van der Waals surface area (Å²) < 4.78 is 9.51. The second kappa shape index (κ2) is 4.22. The Kier molecular flexibility index (Phi) is 2.77. The zero-order valence-electron chi connectivity index (χ0n) is 8.27. The number of nitrogens with one attached hydrogen (secondary N) is 1. The van der Waals surface area contributed by atoms with Gasteiger partial charge in [0.15, 0.2) is 5.69 Å². The number of esters is 1. The smallest absolute Gasteiger partial charge is 0.358 e. The van der Waals surface area contributed by atoms with E-state index in [2.05, 4.69) is 20.3 Å². The molecule has 1 aromatic rings. The van der Waals surface area contributed by atoms with E-state index in [0.29, 0.717) is 25.1 Å². The molecule has 0 saturated carbocycles. The summed E-state index contributed by atoms with van der Waals surface area (Å²) in [7, 11) is 1.31. The van der Waals surface area contributed by atoms with Crippen LogP contribution in [0.25, 0.3) is 0 Å². The highest BCUT2D eigenvalue weighted by Gasteiger charge is 2.18. The van der Waals surface area contributed by atoms with Gasteiger partial charge < -0.3 is 14.8 Å². The molecule has 0 aromatic carbocycles. The average molecular weight is 209 g/mol. The van der Waals surface area contributed by atoms with Crippen LogP contribution < -0.4 is 5.32 Å². The largest absolute Gasteiger partial charge is 0.464 e. The molecule has 6 heteroatoms. The lowest BCUT2D eigenvalue weighted by Crippen LogP contribution is -2.40. The predicted octanol–water partition coefficient (Wildman–Crippen LogP) is 0.0739. The van der Waals surface area contributed by atoms with Crippen molar-refractivity contribution in [1.82, 2.24) is 10.2 Å². The zero-order chi connectivity index (χ0) is 10.7. The van der Waals surface area contributed by atoms with Crippen molar-refractivity contribution < 1.29 is 14.3 Å². The average Bonchev–Trinajstić information content (AvgIpc) is 2.23. The van der Waals surface area contributed by atoms with Gasteiger partial charge in [-0.1, -0.05) is 0 Å². The van der Waals surface area contributed by atoms with Crippen LogP contribution in [0.1, 0.15) is 10.5 Å². The maximum Gasteiger partial charge on any atom is 0.358 e. The fourth-order valence-corrected chi connectivity index (χ4v) is 1.15. The molecule has 1 saturated heterocycles.